The number of hydrogen-bond donors (Lipinski definition) is 1. The number of aryl methyl sites for hydroxylation is 1. The van der Waals surface area contributed by atoms with Crippen LogP contribution in [-0.4, -0.2) is 14.4 Å². The summed E-state index contributed by atoms with van der Waals surface area (Å²) in [5, 5.41) is 0. The molecule has 0 spiro atoms. The third kappa shape index (κ3) is 1.75. The smallest absolute Gasteiger partial charge is 0.306 e. The lowest BCUT2D eigenvalue weighted by Gasteiger charge is -2.07. The predicted molar refractivity (Wildman–Crippen MR) is 64.9 cm³/mol. The Morgan fingerprint density at radius 3 is 3.18 bits per heavy atom. The van der Waals surface area contributed by atoms with Crippen LogP contribution in [0.4, 0.5) is 0 Å². The number of oxazole rings is 1. The molecule has 0 radical (unpaired) electrons. The molecule has 0 aliphatic carbocycles. The summed E-state index contributed by atoms with van der Waals surface area (Å²) in [6.07, 6.45) is 6.16. The van der Waals surface area contributed by atoms with Crippen molar-refractivity contribution in [1.29, 1.82) is 0 Å². The van der Waals surface area contributed by atoms with E-state index in [1.807, 2.05) is 29.2 Å². The molecule has 0 saturated carbocycles. The molecule has 3 heterocycles. The van der Waals surface area contributed by atoms with Crippen molar-refractivity contribution >= 4 is 17.2 Å². The Morgan fingerprint density at radius 2 is 2.47 bits per heavy atom. The first-order valence-corrected chi connectivity index (χ1v) is 6.19. The van der Waals surface area contributed by atoms with E-state index in [-0.39, 0.29) is 6.04 Å². The highest BCUT2D eigenvalue weighted by atomic mass is 32.1. The zero-order valence-electron chi connectivity index (χ0n) is 9.33. The lowest BCUT2D eigenvalue weighted by atomic mass is 10.1. The topological polar surface area (TPSA) is 69.3 Å². The highest BCUT2D eigenvalue weighted by Gasteiger charge is 2.18. The lowest BCUT2D eigenvalue weighted by molar-refractivity contribution is 0.484. The first kappa shape index (κ1) is 10.5. The fraction of sp³-hybridized carbons (Fsp3) is 0.273. The number of thiazole rings is 1. The summed E-state index contributed by atoms with van der Waals surface area (Å²) in [6.45, 7) is 1.99. The SMILES string of the molecule is Cc1c(C(N)Cc2cncs2)oc2nccn12. The van der Waals surface area contributed by atoms with E-state index in [2.05, 4.69) is 9.97 Å². The van der Waals surface area contributed by atoms with Crippen molar-refractivity contribution < 1.29 is 4.42 Å². The summed E-state index contributed by atoms with van der Waals surface area (Å²) in [4.78, 5) is 9.31. The van der Waals surface area contributed by atoms with E-state index >= 15 is 0 Å². The van der Waals surface area contributed by atoms with Crippen LogP contribution in [0, 0.1) is 6.92 Å². The molecule has 17 heavy (non-hydrogen) atoms. The average molecular weight is 248 g/mol. The predicted octanol–water partition coefficient (Wildman–Crippen LogP) is 1.93. The van der Waals surface area contributed by atoms with Crippen molar-refractivity contribution in [3.63, 3.8) is 0 Å². The average Bonchev–Trinajstić information content (AvgIpc) is 2.97. The van der Waals surface area contributed by atoms with Crippen LogP contribution < -0.4 is 5.73 Å². The number of nitrogens with two attached hydrogens (primary N) is 1. The van der Waals surface area contributed by atoms with Gasteiger partial charge in [0.2, 0.25) is 0 Å². The minimum absolute atomic E-state index is 0.155. The van der Waals surface area contributed by atoms with Gasteiger partial charge in [-0.25, -0.2) is 4.98 Å². The zero-order valence-corrected chi connectivity index (χ0v) is 10.1. The second-order valence-electron chi connectivity index (χ2n) is 3.91. The van der Waals surface area contributed by atoms with E-state index < -0.39 is 0 Å². The van der Waals surface area contributed by atoms with E-state index in [0.717, 1.165) is 22.8 Å². The Morgan fingerprint density at radius 1 is 1.59 bits per heavy atom. The van der Waals surface area contributed by atoms with Gasteiger partial charge < -0.3 is 10.2 Å². The van der Waals surface area contributed by atoms with Crippen LogP contribution in [0.15, 0.2) is 28.5 Å². The van der Waals surface area contributed by atoms with Crippen LogP contribution in [0.2, 0.25) is 0 Å². The van der Waals surface area contributed by atoms with Gasteiger partial charge in [-0.15, -0.1) is 11.3 Å². The molecule has 0 aliphatic heterocycles. The summed E-state index contributed by atoms with van der Waals surface area (Å²) in [5.74, 6) is 1.39. The molecule has 6 heteroatoms. The van der Waals surface area contributed by atoms with Crippen LogP contribution in [0.25, 0.3) is 5.84 Å². The van der Waals surface area contributed by atoms with Crippen molar-refractivity contribution in [2.24, 2.45) is 5.73 Å². The normalized spacial score (nSPS) is 13.3. The van der Waals surface area contributed by atoms with E-state index in [0.29, 0.717) is 5.84 Å². The van der Waals surface area contributed by atoms with E-state index in [1.165, 1.54) is 0 Å². The van der Waals surface area contributed by atoms with Gasteiger partial charge in [-0.2, -0.15) is 0 Å². The Hall–Kier alpha value is -1.66. The number of rotatable bonds is 3. The van der Waals surface area contributed by atoms with Crippen LogP contribution in [-0.2, 0) is 6.42 Å². The van der Waals surface area contributed by atoms with Crippen molar-refractivity contribution in [3.8, 4) is 0 Å². The highest BCUT2D eigenvalue weighted by molar-refractivity contribution is 7.09. The molecule has 0 fully saturated rings. The molecule has 3 aromatic rings. The molecule has 1 unspecified atom stereocenters. The van der Waals surface area contributed by atoms with Gasteiger partial charge in [-0.1, -0.05) is 0 Å². The Labute approximate surface area is 102 Å². The zero-order chi connectivity index (χ0) is 11.8. The largest absolute Gasteiger partial charge is 0.426 e. The van der Waals surface area contributed by atoms with Gasteiger partial charge in [0, 0.05) is 29.9 Å². The molecule has 3 rings (SSSR count). The fourth-order valence-electron chi connectivity index (χ4n) is 1.91. The standard InChI is InChI=1S/C11H12N4OS/c1-7-10(16-11-14-2-3-15(7)11)9(12)4-8-5-13-6-17-8/h2-3,5-6,9H,4,12H2,1H3. The first-order valence-electron chi connectivity index (χ1n) is 5.31. The van der Waals surface area contributed by atoms with Crippen LogP contribution in [0.1, 0.15) is 22.4 Å². The van der Waals surface area contributed by atoms with Crippen molar-refractivity contribution in [2.45, 2.75) is 19.4 Å². The molecule has 0 aromatic carbocycles. The van der Waals surface area contributed by atoms with Gasteiger partial charge >= 0.3 is 5.84 Å². The van der Waals surface area contributed by atoms with Gasteiger partial charge in [0.1, 0.15) is 5.76 Å². The molecule has 88 valence electrons. The summed E-state index contributed by atoms with van der Waals surface area (Å²) in [5.41, 5.74) is 8.97. The van der Waals surface area contributed by atoms with E-state index in [4.69, 9.17) is 10.2 Å². The molecule has 3 aromatic heterocycles. The van der Waals surface area contributed by atoms with Crippen LogP contribution >= 0.6 is 11.3 Å². The van der Waals surface area contributed by atoms with Crippen molar-refractivity contribution in [1.82, 2.24) is 14.4 Å². The van der Waals surface area contributed by atoms with Gasteiger partial charge in [-0.3, -0.25) is 9.38 Å². The Kier molecular flexibility index (Phi) is 2.45. The molecule has 1 atom stereocenters. The molecule has 5 nitrogen and oxygen atoms in total. The van der Waals surface area contributed by atoms with Gasteiger partial charge in [0.15, 0.2) is 0 Å². The molecular formula is C11H12N4OS. The maximum Gasteiger partial charge on any atom is 0.306 e. The van der Waals surface area contributed by atoms with Gasteiger partial charge in [0.25, 0.3) is 0 Å². The number of aromatic nitrogens is 3. The van der Waals surface area contributed by atoms with Crippen molar-refractivity contribution in [3.05, 3.63) is 40.4 Å². The Balaban J connectivity index is 1.92. The summed E-state index contributed by atoms with van der Waals surface area (Å²) in [6, 6.07) is -0.155. The number of nitrogens with zero attached hydrogens (tertiary/aromatic N) is 3. The molecule has 0 bridgehead atoms. The van der Waals surface area contributed by atoms with E-state index in [9.17, 15) is 0 Å². The molecule has 0 saturated heterocycles. The summed E-state index contributed by atoms with van der Waals surface area (Å²) in [7, 11) is 0. The van der Waals surface area contributed by atoms with Gasteiger partial charge in [-0.05, 0) is 6.92 Å². The second-order valence-corrected chi connectivity index (χ2v) is 4.88. The Bertz CT molecular complexity index is 625. The maximum absolute atomic E-state index is 6.15. The highest BCUT2D eigenvalue weighted by Crippen LogP contribution is 2.24. The third-order valence-electron chi connectivity index (χ3n) is 2.77. The molecule has 0 aliphatic rings. The lowest BCUT2D eigenvalue weighted by Crippen LogP contribution is -2.13. The molecule has 2 N–H and O–H groups in total. The van der Waals surface area contributed by atoms with E-state index in [1.54, 1.807) is 17.5 Å². The fourth-order valence-corrected chi connectivity index (χ4v) is 2.56. The third-order valence-corrected chi connectivity index (χ3v) is 3.57. The molecule has 0 amide bonds. The minimum Gasteiger partial charge on any atom is -0.426 e. The van der Waals surface area contributed by atoms with Crippen molar-refractivity contribution in [2.75, 3.05) is 0 Å². The first-order chi connectivity index (χ1) is 8.25. The second kappa shape index (κ2) is 3.97. The quantitative estimate of drug-likeness (QED) is 0.769. The summed E-state index contributed by atoms with van der Waals surface area (Å²) >= 11 is 1.61. The van der Waals surface area contributed by atoms with Crippen LogP contribution in [0.3, 0.4) is 0 Å². The summed E-state index contributed by atoms with van der Waals surface area (Å²) < 4.78 is 7.57. The number of imidazole rings is 1. The molecular weight excluding hydrogens is 236 g/mol. The number of fused-ring (bicyclic) bond motifs is 1. The van der Waals surface area contributed by atoms with Gasteiger partial charge in [0.05, 0.1) is 17.2 Å². The monoisotopic (exact) mass is 248 g/mol. The minimum atomic E-state index is -0.155. The number of hydrogen-bond acceptors (Lipinski definition) is 5. The van der Waals surface area contributed by atoms with Crippen LogP contribution in [0.5, 0.6) is 0 Å². The maximum atomic E-state index is 6.15.